The molecule has 100 valence electrons. The van der Waals surface area contributed by atoms with E-state index in [-0.39, 0.29) is 16.5 Å². The standard InChI is InChI=1S/C14H12BrF2NO/c15-11-5-6-12(16)10(14(11)17)7-13(19)8-1-3-9(18)4-2-8/h1-6,13,19H,7,18H2. The highest BCUT2D eigenvalue weighted by atomic mass is 79.9. The summed E-state index contributed by atoms with van der Waals surface area (Å²) in [5, 5.41) is 10.0. The first-order valence-corrected chi connectivity index (χ1v) is 6.44. The molecule has 0 spiro atoms. The predicted octanol–water partition coefficient (Wildman–Crippen LogP) is 3.59. The minimum atomic E-state index is -0.987. The molecule has 0 heterocycles. The molecule has 5 heteroatoms. The molecule has 1 atom stereocenters. The third-order valence-electron chi connectivity index (χ3n) is 2.86. The molecule has 0 saturated heterocycles. The van der Waals surface area contributed by atoms with Gasteiger partial charge >= 0.3 is 0 Å². The summed E-state index contributed by atoms with van der Waals surface area (Å²) in [6.07, 6.45) is -1.13. The second-order valence-corrected chi connectivity index (χ2v) is 5.06. The van der Waals surface area contributed by atoms with Gasteiger partial charge in [-0.2, -0.15) is 0 Å². The number of rotatable bonds is 3. The highest BCUT2D eigenvalue weighted by Crippen LogP contribution is 2.26. The second-order valence-electron chi connectivity index (χ2n) is 4.21. The molecular formula is C14H12BrF2NO. The van der Waals surface area contributed by atoms with E-state index in [4.69, 9.17) is 5.73 Å². The fraction of sp³-hybridized carbons (Fsp3) is 0.143. The predicted molar refractivity (Wildman–Crippen MR) is 73.6 cm³/mol. The number of aliphatic hydroxyl groups excluding tert-OH is 1. The van der Waals surface area contributed by atoms with E-state index in [2.05, 4.69) is 15.9 Å². The van der Waals surface area contributed by atoms with Gasteiger partial charge in [0.15, 0.2) is 0 Å². The van der Waals surface area contributed by atoms with Gasteiger partial charge < -0.3 is 10.8 Å². The topological polar surface area (TPSA) is 46.2 Å². The van der Waals surface area contributed by atoms with E-state index in [1.807, 2.05) is 0 Å². The average Bonchev–Trinajstić information content (AvgIpc) is 2.40. The largest absolute Gasteiger partial charge is 0.399 e. The van der Waals surface area contributed by atoms with Crippen LogP contribution in [0.25, 0.3) is 0 Å². The second kappa shape index (κ2) is 5.67. The van der Waals surface area contributed by atoms with Crippen LogP contribution in [0.4, 0.5) is 14.5 Å². The molecule has 0 fully saturated rings. The van der Waals surface area contributed by atoms with Crippen LogP contribution in [0.5, 0.6) is 0 Å². The van der Waals surface area contributed by atoms with Gasteiger partial charge in [0.2, 0.25) is 0 Å². The van der Waals surface area contributed by atoms with Gasteiger partial charge in [0.1, 0.15) is 11.6 Å². The lowest BCUT2D eigenvalue weighted by Crippen LogP contribution is -2.06. The number of nitrogen functional groups attached to an aromatic ring is 1. The summed E-state index contributed by atoms with van der Waals surface area (Å²) in [6.45, 7) is 0. The van der Waals surface area contributed by atoms with E-state index in [0.29, 0.717) is 11.3 Å². The van der Waals surface area contributed by atoms with Crippen molar-refractivity contribution in [3.8, 4) is 0 Å². The Morgan fingerprint density at radius 1 is 1.11 bits per heavy atom. The highest BCUT2D eigenvalue weighted by molar-refractivity contribution is 9.10. The molecule has 2 rings (SSSR count). The first kappa shape index (κ1) is 14.0. The molecule has 0 saturated carbocycles. The Labute approximate surface area is 118 Å². The van der Waals surface area contributed by atoms with Gasteiger partial charge in [0.25, 0.3) is 0 Å². The normalized spacial score (nSPS) is 12.4. The summed E-state index contributed by atoms with van der Waals surface area (Å²) < 4.78 is 27.5. The van der Waals surface area contributed by atoms with Gasteiger partial charge in [-0.3, -0.25) is 0 Å². The Morgan fingerprint density at radius 3 is 2.37 bits per heavy atom. The number of nitrogens with two attached hydrogens (primary N) is 1. The van der Waals surface area contributed by atoms with Crippen molar-refractivity contribution in [1.29, 1.82) is 0 Å². The smallest absolute Gasteiger partial charge is 0.143 e. The van der Waals surface area contributed by atoms with Crippen LogP contribution in [-0.2, 0) is 6.42 Å². The molecule has 2 aromatic carbocycles. The SMILES string of the molecule is Nc1ccc(C(O)Cc2c(F)ccc(Br)c2F)cc1. The Hall–Kier alpha value is -1.46. The van der Waals surface area contributed by atoms with Crippen molar-refractivity contribution in [3.05, 3.63) is 63.6 Å². The molecule has 0 aromatic heterocycles. The number of halogens is 3. The van der Waals surface area contributed by atoms with Crippen molar-refractivity contribution in [2.75, 3.05) is 5.73 Å². The molecule has 2 nitrogen and oxygen atoms in total. The maximum atomic E-state index is 13.8. The molecule has 0 radical (unpaired) electrons. The fourth-order valence-corrected chi connectivity index (χ4v) is 2.16. The minimum Gasteiger partial charge on any atom is -0.399 e. The zero-order chi connectivity index (χ0) is 14.0. The molecule has 1 unspecified atom stereocenters. The van der Waals surface area contributed by atoms with E-state index in [1.54, 1.807) is 24.3 Å². The summed E-state index contributed by atoms with van der Waals surface area (Å²) in [5.74, 6) is -1.36. The maximum absolute atomic E-state index is 13.8. The van der Waals surface area contributed by atoms with E-state index >= 15 is 0 Å². The monoisotopic (exact) mass is 327 g/mol. The molecule has 0 aliphatic rings. The van der Waals surface area contributed by atoms with E-state index in [9.17, 15) is 13.9 Å². The number of benzene rings is 2. The first-order valence-electron chi connectivity index (χ1n) is 5.65. The van der Waals surface area contributed by atoms with Crippen molar-refractivity contribution in [2.45, 2.75) is 12.5 Å². The maximum Gasteiger partial charge on any atom is 0.143 e. The van der Waals surface area contributed by atoms with Crippen molar-refractivity contribution >= 4 is 21.6 Å². The van der Waals surface area contributed by atoms with Crippen LogP contribution in [0.1, 0.15) is 17.2 Å². The van der Waals surface area contributed by atoms with Crippen LogP contribution >= 0.6 is 15.9 Å². The summed E-state index contributed by atoms with van der Waals surface area (Å²) in [4.78, 5) is 0. The molecule has 19 heavy (non-hydrogen) atoms. The van der Waals surface area contributed by atoms with Gasteiger partial charge in [-0.25, -0.2) is 8.78 Å². The van der Waals surface area contributed by atoms with Crippen molar-refractivity contribution < 1.29 is 13.9 Å². The van der Waals surface area contributed by atoms with Crippen LogP contribution in [-0.4, -0.2) is 5.11 Å². The van der Waals surface area contributed by atoms with Crippen LogP contribution in [0.3, 0.4) is 0 Å². The van der Waals surface area contributed by atoms with Crippen molar-refractivity contribution in [3.63, 3.8) is 0 Å². The first-order chi connectivity index (χ1) is 8.99. The third-order valence-corrected chi connectivity index (χ3v) is 3.47. The fourth-order valence-electron chi connectivity index (χ4n) is 1.79. The number of aliphatic hydroxyl groups is 1. The summed E-state index contributed by atoms with van der Waals surface area (Å²) >= 11 is 3.00. The van der Waals surface area contributed by atoms with Crippen LogP contribution in [0.2, 0.25) is 0 Å². The Kier molecular flexibility index (Phi) is 4.17. The lowest BCUT2D eigenvalue weighted by atomic mass is 10.0. The molecule has 3 N–H and O–H groups in total. The van der Waals surface area contributed by atoms with Gasteiger partial charge in [0.05, 0.1) is 10.6 Å². The van der Waals surface area contributed by atoms with Crippen LogP contribution < -0.4 is 5.73 Å². The van der Waals surface area contributed by atoms with E-state index < -0.39 is 17.7 Å². The average molecular weight is 328 g/mol. The highest BCUT2D eigenvalue weighted by Gasteiger charge is 2.17. The van der Waals surface area contributed by atoms with E-state index in [0.717, 1.165) is 6.07 Å². The zero-order valence-electron chi connectivity index (χ0n) is 9.91. The summed E-state index contributed by atoms with van der Waals surface area (Å²) in [7, 11) is 0. The number of hydrogen-bond donors (Lipinski definition) is 2. The summed E-state index contributed by atoms with van der Waals surface area (Å²) in [5.41, 5.74) is 6.53. The molecule has 0 bridgehead atoms. The van der Waals surface area contributed by atoms with Gasteiger partial charge in [-0.15, -0.1) is 0 Å². The Balaban J connectivity index is 2.26. The lowest BCUT2D eigenvalue weighted by Gasteiger charge is -2.13. The molecule has 0 aliphatic carbocycles. The number of anilines is 1. The lowest BCUT2D eigenvalue weighted by molar-refractivity contribution is 0.175. The molecule has 0 amide bonds. The van der Waals surface area contributed by atoms with Crippen molar-refractivity contribution in [2.24, 2.45) is 0 Å². The molecular weight excluding hydrogens is 316 g/mol. The summed E-state index contributed by atoms with van der Waals surface area (Å²) in [6, 6.07) is 8.99. The Bertz CT molecular complexity index is 587. The van der Waals surface area contributed by atoms with Crippen LogP contribution in [0, 0.1) is 11.6 Å². The zero-order valence-corrected chi connectivity index (χ0v) is 11.5. The Morgan fingerprint density at radius 2 is 1.74 bits per heavy atom. The van der Waals surface area contributed by atoms with Gasteiger partial charge in [0, 0.05) is 17.7 Å². The van der Waals surface area contributed by atoms with Gasteiger partial charge in [-0.1, -0.05) is 12.1 Å². The molecule has 2 aromatic rings. The van der Waals surface area contributed by atoms with Crippen molar-refractivity contribution in [1.82, 2.24) is 0 Å². The quantitative estimate of drug-likeness (QED) is 0.668. The van der Waals surface area contributed by atoms with E-state index in [1.165, 1.54) is 6.07 Å². The number of hydrogen-bond acceptors (Lipinski definition) is 2. The minimum absolute atomic E-state index is 0.138. The molecule has 0 aliphatic heterocycles. The third kappa shape index (κ3) is 3.11. The van der Waals surface area contributed by atoms with Crippen LogP contribution in [0.15, 0.2) is 40.9 Å². The van der Waals surface area contributed by atoms with Gasteiger partial charge in [-0.05, 0) is 45.8 Å².